The number of benzene rings is 3. The molecule has 1 atom stereocenters. The van der Waals surface area contributed by atoms with Gasteiger partial charge in [-0.25, -0.2) is 13.6 Å². The number of anilines is 1. The zero-order valence-corrected chi connectivity index (χ0v) is 20.1. The molecule has 1 aliphatic rings. The van der Waals surface area contributed by atoms with Gasteiger partial charge in [-0.2, -0.15) is 13.2 Å². The van der Waals surface area contributed by atoms with Crippen molar-refractivity contribution in [3.05, 3.63) is 111 Å². The lowest BCUT2D eigenvalue weighted by Gasteiger charge is -2.20. The van der Waals surface area contributed by atoms with Gasteiger partial charge in [0, 0.05) is 33.7 Å². The van der Waals surface area contributed by atoms with E-state index < -0.39 is 46.7 Å². The number of alkyl halides is 3. The molecule has 194 valence electrons. The summed E-state index contributed by atoms with van der Waals surface area (Å²) in [6, 6.07) is 9.79. The predicted octanol–water partition coefficient (Wildman–Crippen LogP) is 7.16. The number of methoxy groups -OCH3 is 1. The number of aromatic nitrogens is 1. The topological polar surface area (TPSA) is 71.2 Å². The number of carbonyl (C=O) groups is 2. The largest absolute Gasteiger partial charge is 0.465 e. The first-order valence-corrected chi connectivity index (χ1v) is 11.4. The van der Waals surface area contributed by atoms with Crippen LogP contribution >= 0.6 is 11.6 Å². The third-order valence-electron chi connectivity index (χ3n) is 6.25. The van der Waals surface area contributed by atoms with E-state index in [1.165, 1.54) is 30.3 Å². The molecule has 0 saturated heterocycles. The van der Waals surface area contributed by atoms with E-state index in [-0.39, 0.29) is 22.3 Å². The number of aromatic amines is 1. The molecule has 1 aromatic heterocycles. The molecule has 2 N–H and O–H groups in total. The Kier molecular flexibility index (Phi) is 6.22. The molecule has 0 radical (unpaired) electrons. The van der Waals surface area contributed by atoms with Crippen molar-refractivity contribution in [2.45, 2.75) is 12.1 Å². The Morgan fingerprint density at radius 2 is 1.71 bits per heavy atom. The van der Waals surface area contributed by atoms with E-state index >= 15 is 0 Å². The van der Waals surface area contributed by atoms with Crippen LogP contribution in [-0.4, -0.2) is 24.0 Å². The van der Waals surface area contributed by atoms with E-state index in [1.54, 1.807) is 12.3 Å². The van der Waals surface area contributed by atoms with Crippen molar-refractivity contribution in [1.82, 2.24) is 4.98 Å². The van der Waals surface area contributed by atoms with Gasteiger partial charge in [0.15, 0.2) is 0 Å². The lowest BCUT2D eigenvalue weighted by molar-refractivity contribution is -0.137. The first-order valence-electron chi connectivity index (χ1n) is 11.1. The van der Waals surface area contributed by atoms with Gasteiger partial charge in [-0.3, -0.25) is 4.79 Å². The molecule has 0 bridgehead atoms. The Bertz CT molecular complexity index is 1610. The fourth-order valence-electron chi connectivity index (χ4n) is 4.65. The van der Waals surface area contributed by atoms with E-state index in [0.29, 0.717) is 40.1 Å². The molecular weight excluding hydrogens is 531 g/mol. The van der Waals surface area contributed by atoms with Gasteiger partial charge < -0.3 is 15.0 Å². The summed E-state index contributed by atoms with van der Waals surface area (Å²) >= 11 is 6.42. The molecule has 1 unspecified atom stereocenters. The summed E-state index contributed by atoms with van der Waals surface area (Å²) < 4.78 is 72.8. The molecule has 5 rings (SSSR count). The summed E-state index contributed by atoms with van der Waals surface area (Å²) in [5.74, 6) is -4.35. The molecule has 1 heterocycles. The monoisotopic (exact) mass is 546 g/mol. The van der Waals surface area contributed by atoms with E-state index in [4.69, 9.17) is 16.3 Å². The number of carbonyl (C=O) groups excluding carboxylic acids is 2. The van der Waals surface area contributed by atoms with Gasteiger partial charge in [-0.15, -0.1) is 0 Å². The minimum atomic E-state index is -4.88. The van der Waals surface area contributed by atoms with Gasteiger partial charge in [0.25, 0.3) is 5.91 Å². The number of rotatable bonds is 4. The summed E-state index contributed by atoms with van der Waals surface area (Å²) in [5, 5.41) is 2.73. The molecule has 1 amide bonds. The number of hydrogen-bond acceptors (Lipinski definition) is 3. The van der Waals surface area contributed by atoms with Crippen molar-refractivity contribution in [3.8, 4) is 11.1 Å². The van der Waals surface area contributed by atoms with Gasteiger partial charge in [0.2, 0.25) is 0 Å². The Labute approximate surface area is 217 Å². The first-order chi connectivity index (χ1) is 18.0. The predicted molar refractivity (Wildman–Crippen MR) is 129 cm³/mol. The van der Waals surface area contributed by atoms with Crippen LogP contribution in [0.25, 0.3) is 11.1 Å². The lowest BCUT2D eigenvalue weighted by Crippen LogP contribution is -2.17. The highest BCUT2D eigenvalue weighted by Gasteiger charge is 2.37. The summed E-state index contributed by atoms with van der Waals surface area (Å²) in [7, 11) is 1.16. The zero-order valence-electron chi connectivity index (χ0n) is 19.3. The minimum absolute atomic E-state index is 0.0284. The quantitative estimate of drug-likeness (QED) is 0.185. The van der Waals surface area contributed by atoms with Crippen LogP contribution in [-0.2, 0) is 10.9 Å². The molecule has 0 aliphatic heterocycles. The number of H-pyrrole nitrogens is 1. The maximum Gasteiger partial charge on any atom is 0.416 e. The number of fused-ring (bicyclic) bond motifs is 3. The Hall–Kier alpha value is -4.18. The van der Waals surface area contributed by atoms with Crippen LogP contribution in [0, 0.1) is 11.6 Å². The van der Waals surface area contributed by atoms with Crippen LogP contribution in [0.15, 0.2) is 60.8 Å². The van der Waals surface area contributed by atoms with Gasteiger partial charge in [0.05, 0.1) is 24.2 Å². The molecule has 38 heavy (non-hydrogen) atoms. The minimum Gasteiger partial charge on any atom is -0.465 e. The van der Waals surface area contributed by atoms with Gasteiger partial charge in [0.1, 0.15) is 11.6 Å². The van der Waals surface area contributed by atoms with Crippen molar-refractivity contribution in [3.63, 3.8) is 0 Å². The van der Waals surface area contributed by atoms with Crippen LogP contribution in [0.1, 0.15) is 49.0 Å². The van der Waals surface area contributed by atoms with Crippen molar-refractivity contribution in [2.75, 3.05) is 12.4 Å². The average Bonchev–Trinajstić information content (AvgIpc) is 3.45. The van der Waals surface area contributed by atoms with Gasteiger partial charge in [-0.1, -0.05) is 11.6 Å². The Morgan fingerprint density at radius 1 is 0.947 bits per heavy atom. The number of amides is 1. The molecular formula is C27H16ClF5N2O3. The van der Waals surface area contributed by atoms with Crippen molar-refractivity contribution >= 4 is 29.2 Å². The fourth-order valence-corrected chi connectivity index (χ4v) is 4.88. The summed E-state index contributed by atoms with van der Waals surface area (Å²) in [4.78, 5) is 28.6. The van der Waals surface area contributed by atoms with Crippen LogP contribution in [0.2, 0.25) is 5.02 Å². The highest BCUT2D eigenvalue weighted by molar-refractivity contribution is 6.31. The van der Waals surface area contributed by atoms with Crippen LogP contribution in [0.5, 0.6) is 0 Å². The van der Waals surface area contributed by atoms with E-state index in [2.05, 4.69) is 10.3 Å². The Morgan fingerprint density at radius 3 is 2.42 bits per heavy atom. The van der Waals surface area contributed by atoms with Crippen molar-refractivity contribution < 1.29 is 36.3 Å². The molecule has 0 fully saturated rings. The smallest absolute Gasteiger partial charge is 0.416 e. The Balaban J connectivity index is 1.69. The highest BCUT2D eigenvalue weighted by atomic mass is 35.5. The van der Waals surface area contributed by atoms with Crippen molar-refractivity contribution in [1.29, 1.82) is 0 Å². The van der Waals surface area contributed by atoms with E-state index in [1.807, 2.05) is 0 Å². The second kappa shape index (κ2) is 9.29. The molecule has 11 heteroatoms. The molecule has 5 nitrogen and oxygen atoms in total. The molecule has 4 aromatic rings. The summed E-state index contributed by atoms with van der Waals surface area (Å²) in [6.07, 6.45) is -3.24. The standard InChI is InChI=1S/C27H16ClF5N2O3/c1-38-26(37)13-8-18-17-4-5-34-24(17)23(19-11-15(29)2-3-20(19)28)22(18)21(9-13)35-25(36)12-6-14(27(31,32)33)10-16(30)7-12/h2-11,23,34H,1H3,(H,35,36). The highest BCUT2D eigenvalue weighted by Crippen LogP contribution is 2.52. The average molecular weight is 547 g/mol. The van der Waals surface area contributed by atoms with E-state index in [0.717, 1.165) is 7.11 Å². The molecule has 1 aliphatic carbocycles. The third kappa shape index (κ3) is 4.41. The lowest BCUT2D eigenvalue weighted by atomic mass is 9.89. The normalized spacial score (nSPS) is 14.1. The maximum absolute atomic E-state index is 14.3. The number of ether oxygens (including phenoxy) is 1. The van der Waals surface area contributed by atoms with Crippen molar-refractivity contribution in [2.24, 2.45) is 0 Å². The molecule has 3 aromatic carbocycles. The third-order valence-corrected chi connectivity index (χ3v) is 6.60. The summed E-state index contributed by atoms with van der Waals surface area (Å²) in [6.45, 7) is 0. The summed E-state index contributed by atoms with van der Waals surface area (Å²) in [5.41, 5.74) is 0.609. The number of esters is 1. The fraction of sp³-hybridized carbons (Fsp3) is 0.111. The maximum atomic E-state index is 14.3. The van der Waals surface area contributed by atoms with Crippen LogP contribution in [0.3, 0.4) is 0 Å². The van der Waals surface area contributed by atoms with Crippen LogP contribution < -0.4 is 5.32 Å². The number of nitrogens with one attached hydrogen (secondary N) is 2. The molecule has 0 saturated carbocycles. The first kappa shape index (κ1) is 25.5. The van der Waals surface area contributed by atoms with Gasteiger partial charge >= 0.3 is 12.1 Å². The number of hydrogen-bond donors (Lipinski definition) is 2. The second-order valence-electron chi connectivity index (χ2n) is 8.56. The molecule has 0 spiro atoms. The zero-order chi connectivity index (χ0) is 27.4. The second-order valence-corrected chi connectivity index (χ2v) is 8.97. The van der Waals surface area contributed by atoms with E-state index in [9.17, 15) is 31.5 Å². The SMILES string of the molecule is COC(=O)c1cc(NC(=O)c2cc(F)cc(C(F)(F)F)c2)c2c(c1)-c1cc[nH]c1C2c1cc(F)ccc1Cl. The van der Waals surface area contributed by atoms with Crippen LogP contribution in [0.4, 0.5) is 27.6 Å². The number of halogens is 6. The van der Waals surface area contributed by atoms with Gasteiger partial charge in [-0.05, 0) is 71.3 Å².